The molecule has 2 unspecified atom stereocenters. The minimum atomic E-state index is -0.434. The Labute approximate surface area is 123 Å². The second-order valence-electron chi connectivity index (χ2n) is 5.01. The number of anilines is 1. The number of aromatic nitrogens is 2. The average Bonchev–Trinajstić information content (AvgIpc) is 2.66. The molecule has 1 aliphatic carbocycles. The Morgan fingerprint density at radius 2 is 2.11 bits per heavy atom. The summed E-state index contributed by atoms with van der Waals surface area (Å²) in [4.78, 5) is 4.28. The van der Waals surface area contributed by atoms with E-state index in [1.165, 1.54) is 6.07 Å². The second-order valence-corrected chi connectivity index (χ2v) is 6.18. The van der Waals surface area contributed by atoms with Crippen molar-refractivity contribution in [1.82, 2.24) is 9.55 Å². The lowest BCUT2D eigenvalue weighted by Crippen LogP contribution is -2.28. The van der Waals surface area contributed by atoms with Gasteiger partial charge in [0.1, 0.15) is 5.82 Å². The Balaban J connectivity index is 2.16. The molecule has 19 heavy (non-hydrogen) atoms. The molecule has 3 N–H and O–H groups in total. The number of aliphatic hydroxyl groups excluding tert-OH is 1. The molecule has 3 rings (SSSR count). The summed E-state index contributed by atoms with van der Waals surface area (Å²) >= 11 is 1.94. The first-order valence-electron chi connectivity index (χ1n) is 6.38. The lowest BCUT2D eigenvalue weighted by Gasteiger charge is -2.29. The first kappa shape index (κ1) is 13.1. The van der Waals surface area contributed by atoms with Crippen LogP contribution >= 0.6 is 22.6 Å². The number of hydrogen-bond acceptors (Lipinski definition) is 3. The number of fused-ring (bicyclic) bond motifs is 1. The largest absolute Gasteiger partial charge is 0.391 e. The van der Waals surface area contributed by atoms with Crippen molar-refractivity contribution < 1.29 is 9.50 Å². The van der Waals surface area contributed by atoms with Crippen LogP contribution in [0.4, 0.5) is 10.3 Å². The number of benzene rings is 1. The Hall–Kier alpha value is -0.890. The third-order valence-electron chi connectivity index (χ3n) is 3.78. The molecule has 4 nitrogen and oxygen atoms in total. The number of nitrogens with zero attached hydrogens (tertiary/aromatic N) is 2. The van der Waals surface area contributed by atoms with E-state index in [2.05, 4.69) is 4.98 Å². The number of aliphatic hydroxyl groups is 1. The molecule has 0 saturated heterocycles. The molecule has 1 heterocycles. The predicted molar refractivity (Wildman–Crippen MR) is 80.3 cm³/mol. The molecule has 1 saturated carbocycles. The van der Waals surface area contributed by atoms with E-state index in [0.717, 1.165) is 25.7 Å². The maximum atomic E-state index is 13.8. The van der Waals surface area contributed by atoms with Crippen molar-refractivity contribution >= 4 is 39.6 Å². The van der Waals surface area contributed by atoms with Gasteiger partial charge in [-0.3, -0.25) is 0 Å². The summed E-state index contributed by atoms with van der Waals surface area (Å²) in [7, 11) is 0. The van der Waals surface area contributed by atoms with E-state index in [1.54, 1.807) is 10.6 Å². The van der Waals surface area contributed by atoms with Crippen LogP contribution in [-0.2, 0) is 0 Å². The van der Waals surface area contributed by atoms with Crippen LogP contribution in [0.5, 0.6) is 0 Å². The van der Waals surface area contributed by atoms with Crippen molar-refractivity contribution in [2.24, 2.45) is 0 Å². The van der Waals surface area contributed by atoms with Crippen LogP contribution in [0.25, 0.3) is 11.0 Å². The normalized spacial score (nSPS) is 23.9. The third kappa shape index (κ3) is 2.20. The van der Waals surface area contributed by atoms with Gasteiger partial charge in [-0.1, -0.05) is 12.8 Å². The van der Waals surface area contributed by atoms with E-state index >= 15 is 0 Å². The quantitative estimate of drug-likeness (QED) is 0.754. The standard InChI is InChI=1S/C13H15FIN3O/c14-7-5-11-9(6-8(7)15)17-13(16)18(11)10-3-1-2-4-12(10)19/h5-6,10,12,19H,1-4H2,(H2,16,17). The fourth-order valence-corrected chi connectivity index (χ4v) is 3.30. The van der Waals surface area contributed by atoms with Crippen molar-refractivity contribution in [2.75, 3.05) is 5.73 Å². The van der Waals surface area contributed by atoms with E-state index < -0.39 is 6.10 Å². The highest BCUT2D eigenvalue weighted by Gasteiger charge is 2.28. The molecule has 1 fully saturated rings. The van der Waals surface area contributed by atoms with Crippen molar-refractivity contribution in [1.29, 1.82) is 0 Å². The lowest BCUT2D eigenvalue weighted by atomic mass is 9.92. The number of halogens is 2. The van der Waals surface area contributed by atoms with Gasteiger partial charge in [0.15, 0.2) is 0 Å². The summed E-state index contributed by atoms with van der Waals surface area (Å²) in [6, 6.07) is 3.05. The molecule has 2 atom stereocenters. The minimum absolute atomic E-state index is 0.0989. The smallest absolute Gasteiger partial charge is 0.201 e. The molecule has 1 aromatic carbocycles. The zero-order valence-corrected chi connectivity index (χ0v) is 12.5. The molecule has 0 spiro atoms. The summed E-state index contributed by atoms with van der Waals surface area (Å²) < 4.78 is 16.1. The summed E-state index contributed by atoms with van der Waals surface area (Å²) in [5, 5.41) is 10.1. The van der Waals surface area contributed by atoms with E-state index in [1.807, 2.05) is 22.6 Å². The first-order chi connectivity index (χ1) is 9.08. The molecule has 2 aromatic rings. The maximum Gasteiger partial charge on any atom is 0.201 e. The molecule has 0 aliphatic heterocycles. The number of imidazole rings is 1. The first-order valence-corrected chi connectivity index (χ1v) is 7.46. The number of nitrogen functional groups attached to an aromatic ring is 1. The molecular weight excluding hydrogens is 360 g/mol. The van der Waals surface area contributed by atoms with Gasteiger partial charge in [-0.05, 0) is 41.5 Å². The highest BCUT2D eigenvalue weighted by molar-refractivity contribution is 14.1. The molecule has 1 aliphatic rings. The molecule has 0 bridgehead atoms. The summed E-state index contributed by atoms with van der Waals surface area (Å²) in [6.07, 6.45) is 3.25. The minimum Gasteiger partial charge on any atom is -0.391 e. The van der Waals surface area contributed by atoms with Gasteiger partial charge in [0.25, 0.3) is 0 Å². The van der Waals surface area contributed by atoms with E-state index in [-0.39, 0.29) is 11.9 Å². The highest BCUT2D eigenvalue weighted by atomic mass is 127. The fourth-order valence-electron chi connectivity index (χ4n) is 2.85. The molecular formula is C13H15FIN3O. The third-order valence-corrected chi connectivity index (χ3v) is 4.61. The zero-order chi connectivity index (χ0) is 13.6. The predicted octanol–water partition coefficient (Wildman–Crippen LogP) is 2.84. The van der Waals surface area contributed by atoms with Crippen LogP contribution in [0, 0.1) is 9.39 Å². The number of rotatable bonds is 1. The molecule has 1 aromatic heterocycles. The van der Waals surface area contributed by atoms with Gasteiger partial charge in [-0.15, -0.1) is 0 Å². The van der Waals surface area contributed by atoms with Crippen molar-refractivity contribution in [3.8, 4) is 0 Å². The van der Waals surface area contributed by atoms with Gasteiger partial charge in [0.2, 0.25) is 5.95 Å². The van der Waals surface area contributed by atoms with Gasteiger partial charge in [-0.25, -0.2) is 9.37 Å². The monoisotopic (exact) mass is 375 g/mol. The van der Waals surface area contributed by atoms with Crippen molar-refractivity contribution in [3.05, 3.63) is 21.5 Å². The lowest BCUT2D eigenvalue weighted by molar-refractivity contribution is 0.0783. The van der Waals surface area contributed by atoms with Gasteiger partial charge in [-0.2, -0.15) is 0 Å². The van der Waals surface area contributed by atoms with Crippen LogP contribution in [0.15, 0.2) is 12.1 Å². The van der Waals surface area contributed by atoms with Crippen molar-refractivity contribution in [2.45, 2.75) is 37.8 Å². The highest BCUT2D eigenvalue weighted by Crippen LogP contribution is 2.34. The Morgan fingerprint density at radius 1 is 1.37 bits per heavy atom. The summed E-state index contributed by atoms with van der Waals surface area (Å²) in [5.41, 5.74) is 7.31. The number of nitrogens with two attached hydrogens (primary N) is 1. The van der Waals surface area contributed by atoms with Gasteiger partial charge < -0.3 is 15.4 Å². The second kappa shape index (κ2) is 4.90. The van der Waals surface area contributed by atoms with Crippen LogP contribution in [0.1, 0.15) is 31.7 Å². The molecule has 0 radical (unpaired) electrons. The Kier molecular flexibility index (Phi) is 3.38. The van der Waals surface area contributed by atoms with Crippen molar-refractivity contribution in [3.63, 3.8) is 0 Å². The van der Waals surface area contributed by atoms with E-state index in [9.17, 15) is 9.50 Å². The topological polar surface area (TPSA) is 64.1 Å². The van der Waals surface area contributed by atoms with Gasteiger partial charge in [0, 0.05) is 6.07 Å². The molecule has 0 amide bonds. The fraction of sp³-hybridized carbons (Fsp3) is 0.462. The van der Waals surface area contributed by atoms with Gasteiger partial charge in [0.05, 0.1) is 26.7 Å². The molecule has 6 heteroatoms. The molecule has 102 valence electrons. The Morgan fingerprint density at radius 3 is 2.84 bits per heavy atom. The van der Waals surface area contributed by atoms with Gasteiger partial charge >= 0.3 is 0 Å². The zero-order valence-electron chi connectivity index (χ0n) is 10.3. The van der Waals surface area contributed by atoms with E-state index in [4.69, 9.17) is 5.73 Å². The maximum absolute atomic E-state index is 13.8. The van der Waals surface area contributed by atoms with Crippen LogP contribution in [0.2, 0.25) is 0 Å². The Bertz CT molecular complexity index is 628. The van der Waals surface area contributed by atoms with Crippen LogP contribution in [-0.4, -0.2) is 20.8 Å². The number of hydrogen-bond donors (Lipinski definition) is 2. The van der Waals surface area contributed by atoms with Crippen LogP contribution < -0.4 is 5.73 Å². The average molecular weight is 375 g/mol. The summed E-state index contributed by atoms with van der Waals surface area (Å²) in [5.74, 6) is 0.0712. The van der Waals surface area contributed by atoms with Crippen LogP contribution in [0.3, 0.4) is 0 Å². The van der Waals surface area contributed by atoms with E-state index in [0.29, 0.717) is 20.6 Å². The summed E-state index contributed by atoms with van der Waals surface area (Å²) in [6.45, 7) is 0. The SMILES string of the molecule is Nc1nc2cc(I)c(F)cc2n1C1CCCCC1O.